The molecule has 0 aliphatic heterocycles. The predicted molar refractivity (Wildman–Crippen MR) is 59.3 cm³/mol. The van der Waals surface area contributed by atoms with E-state index < -0.39 is 11.7 Å². The van der Waals surface area contributed by atoms with Gasteiger partial charge in [-0.1, -0.05) is 18.2 Å². The number of nitrogens with one attached hydrogen (secondary N) is 1. The SMILES string of the molecule is C=CCC(C)Nc1ccccc1C(F)(F)F. The Balaban J connectivity index is 2.91. The van der Waals surface area contributed by atoms with Gasteiger partial charge in [0.1, 0.15) is 0 Å². The maximum atomic E-state index is 12.6. The molecule has 1 N–H and O–H groups in total. The fraction of sp³-hybridized carbons (Fsp3) is 0.333. The zero-order valence-corrected chi connectivity index (χ0v) is 9.01. The van der Waals surface area contributed by atoms with Crippen molar-refractivity contribution in [1.82, 2.24) is 0 Å². The van der Waals surface area contributed by atoms with Gasteiger partial charge < -0.3 is 5.32 Å². The lowest BCUT2D eigenvalue weighted by Crippen LogP contribution is -2.17. The number of halogens is 3. The van der Waals surface area contributed by atoms with E-state index in [1.54, 1.807) is 12.1 Å². The van der Waals surface area contributed by atoms with Gasteiger partial charge in [0, 0.05) is 11.7 Å². The summed E-state index contributed by atoms with van der Waals surface area (Å²) in [5.41, 5.74) is -0.518. The van der Waals surface area contributed by atoms with E-state index in [2.05, 4.69) is 11.9 Å². The Hall–Kier alpha value is -1.45. The van der Waals surface area contributed by atoms with Gasteiger partial charge in [0.25, 0.3) is 0 Å². The van der Waals surface area contributed by atoms with Crippen LogP contribution in [0.4, 0.5) is 18.9 Å². The Morgan fingerprint density at radius 3 is 2.56 bits per heavy atom. The smallest absolute Gasteiger partial charge is 0.382 e. The predicted octanol–water partition coefficient (Wildman–Crippen LogP) is 4.08. The summed E-state index contributed by atoms with van der Waals surface area (Å²) < 4.78 is 37.9. The van der Waals surface area contributed by atoms with Crippen LogP contribution < -0.4 is 5.32 Å². The van der Waals surface area contributed by atoms with Crippen molar-refractivity contribution < 1.29 is 13.2 Å². The maximum absolute atomic E-state index is 12.6. The first-order valence-electron chi connectivity index (χ1n) is 4.99. The van der Waals surface area contributed by atoms with Gasteiger partial charge in [-0.25, -0.2) is 0 Å². The number of alkyl halides is 3. The van der Waals surface area contributed by atoms with Crippen LogP contribution in [0.2, 0.25) is 0 Å². The summed E-state index contributed by atoms with van der Waals surface area (Å²) in [6, 6.07) is 5.40. The quantitative estimate of drug-likeness (QED) is 0.767. The molecule has 1 rings (SSSR count). The third-order valence-electron chi connectivity index (χ3n) is 2.15. The van der Waals surface area contributed by atoms with E-state index in [4.69, 9.17) is 0 Å². The average molecular weight is 229 g/mol. The molecule has 4 heteroatoms. The zero-order valence-electron chi connectivity index (χ0n) is 9.01. The van der Waals surface area contributed by atoms with E-state index in [1.807, 2.05) is 6.92 Å². The van der Waals surface area contributed by atoms with Crippen molar-refractivity contribution >= 4 is 5.69 Å². The molecular formula is C12H14F3N. The first-order chi connectivity index (χ1) is 7.45. The maximum Gasteiger partial charge on any atom is 0.418 e. The van der Waals surface area contributed by atoms with Gasteiger partial charge in [-0.2, -0.15) is 13.2 Å². The Bertz CT molecular complexity index is 358. The lowest BCUT2D eigenvalue weighted by molar-refractivity contribution is -0.137. The molecule has 0 saturated heterocycles. The molecule has 0 bridgehead atoms. The molecule has 1 atom stereocenters. The summed E-state index contributed by atoms with van der Waals surface area (Å²) in [5.74, 6) is 0. The molecule has 0 aliphatic carbocycles. The molecule has 0 aliphatic rings. The Morgan fingerprint density at radius 2 is 2.00 bits per heavy atom. The second-order valence-electron chi connectivity index (χ2n) is 3.61. The topological polar surface area (TPSA) is 12.0 Å². The Labute approximate surface area is 93.0 Å². The van der Waals surface area contributed by atoms with Crippen molar-refractivity contribution in [2.75, 3.05) is 5.32 Å². The van der Waals surface area contributed by atoms with Gasteiger partial charge in [-0.15, -0.1) is 6.58 Å². The van der Waals surface area contributed by atoms with Crippen molar-refractivity contribution in [3.05, 3.63) is 42.5 Å². The normalized spacial score (nSPS) is 13.2. The molecule has 0 heterocycles. The first kappa shape index (κ1) is 12.6. The number of para-hydroxylation sites is 1. The molecule has 16 heavy (non-hydrogen) atoms. The van der Waals surface area contributed by atoms with E-state index in [0.29, 0.717) is 6.42 Å². The van der Waals surface area contributed by atoms with E-state index in [9.17, 15) is 13.2 Å². The van der Waals surface area contributed by atoms with E-state index in [0.717, 1.165) is 6.07 Å². The zero-order chi connectivity index (χ0) is 12.2. The fourth-order valence-corrected chi connectivity index (χ4v) is 1.43. The van der Waals surface area contributed by atoms with Crippen molar-refractivity contribution in [3.63, 3.8) is 0 Å². The van der Waals surface area contributed by atoms with Crippen LogP contribution in [0.3, 0.4) is 0 Å². The third-order valence-corrected chi connectivity index (χ3v) is 2.15. The van der Waals surface area contributed by atoms with Gasteiger partial charge in [0.2, 0.25) is 0 Å². The summed E-state index contributed by atoms with van der Waals surface area (Å²) >= 11 is 0. The molecule has 0 fully saturated rings. The lowest BCUT2D eigenvalue weighted by atomic mass is 10.1. The largest absolute Gasteiger partial charge is 0.418 e. The van der Waals surface area contributed by atoms with Crippen molar-refractivity contribution in [1.29, 1.82) is 0 Å². The molecule has 1 unspecified atom stereocenters. The van der Waals surface area contributed by atoms with Gasteiger partial charge in [-0.05, 0) is 25.5 Å². The Kier molecular flexibility index (Phi) is 3.99. The highest BCUT2D eigenvalue weighted by Gasteiger charge is 2.33. The van der Waals surface area contributed by atoms with Crippen LogP contribution in [0.25, 0.3) is 0 Å². The van der Waals surface area contributed by atoms with E-state index >= 15 is 0 Å². The average Bonchev–Trinajstić information content (AvgIpc) is 2.17. The number of rotatable bonds is 4. The monoisotopic (exact) mass is 229 g/mol. The molecule has 0 aromatic heterocycles. The van der Waals surface area contributed by atoms with Crippen LogP contribution in [0.1, 0.15) is 18.9 Å². The van der Waals surface area contributed by atoms with Crippen molar-refractivity contribution in [3.8, 4) is 0 Å². The highest BCUT2D eigenvalue weighted by molar-refractivity contribution is 5.53. The fourth-order valence-electron chi connectivity index (χ4n) is 1.43. The van der Waals surface area contributed by atoms with Crippen LogP contribution >= 0.6 is 0 Å². The number of hydrogen-bond donors (Lipinski definition) is 1. The van der Waals surface area contributed by atoms with Crippen LogP contribution in [0, 0.1) is 0 Å². The summed E-state index contributed by atoms with van der Waals surface area (Å²) in [6.07, 6.45) is -2.03. The molecule has 1 aromatic carbocycles. The van der Waals surface area contributed by atoms with Gasteiger partial charge in [0.05, 0.1) is 5.56 Å². The molecule has 88 valence electrons. The molecule has 0 radical (unpaired) electrons. The van der Waals surface area contributed by atoms with Crippen molar-refractivity contribution in [2.45, 2.75) is 25.6 Å². The Morgan fingerprint density at radius 1 is 1.38 bits per heavy atom. The lowest BCUT2D eigenvalue weighted by Gasteiger charge is -2.18. The molecule has 1 nitrogen and oxygen atoms in total. The molecule has 0 amide bonds. The highest BCUT2D eigenvalue weighted by Crippen LogP contribution is 2.34. The number of benzene rings is 1. The standard InChI is InChI=1S/C12H14F3N/c1-3-6-9(2)16-11-8-5-4-7-10(11)12(13,14)15/h3-5,7-9,16H,1,6H2,2H3. The highest BCUT2D eigenvalue weighted by atomic mass is 19.4. The van der Waals surface area contributed by atoms with Crippen LogP contribution in [0.15, 0.2) is 36.9 Å². The number of anilines is 1. The summed E-state index contributed by atoms with van der Waals surface area (Å²) in [5, 5.41) is 2.83. The minimum Gasteiger partial charge on any atom is -0.382 e. The summed E-state index contributed by atoms with van der Waals surface area (Å²) in [6.45, 7) is 5.37. The molecule has 1 aromatic rings. The van der Waals surface area contributed by atoms with Gasteiger partial charge in [-0.3, -0.25) is 0 Å². The molecular weight excluding hydrogens is 215 g/mol. The summed E-state index contributed by atoms with van der Waals surface area (Å²) in [7, 11) is 0. The van der Waals surface area contributed by atoms with E-state index in [1.165, 1.54) is 12.1 Å². The van der Waals surface area contributed by atoms with Crippen LogP contribution in [0.5, 0.6) is 0 Å². The van der Waals surface area contributed by atoms with Crippen LogP contribution in [-0.4, -0.2) is 6.04 Å². The van der Waals surface area contributed by atoms with Crippen LogP contribution in [-0.2, 0) is 6.18 Å². The van der Waals surface area contributed by atoms with E-state index in [-0.39, 0.29) is 11.7 Å². The first-order valence-corrected chi connectivity index (χ1v) is 4.99. The minimum absolute atomic E-state index is 0.0685. The number of hydrogen-bond acceptors (Lipinski definition) is 1. The van der Waals surface area contributed by atoms with Crippen molar-refractivity contribution in [2.24, 2.45) is 0 Å². The third kappa shape index (κ3) is 3.29. The van der Waals surface area contributed by atoms with Gasteiger partial charge >= 0.3 is 6.18 Å². The molecule has 0 saturated carbocycles. The molecule has 0 spiro atoms. The minimum atomic E-state index is -4.32. The second kappa shape index (κ2) is 5.05. The second-order valence-corrected chi connectivity index (χ2v) is 3.61. The van der Waals surface area contributed by atoms with Gasteiger partial charge in [0.15, 0.2) is 0 Å². The summed E-state index contributed by atoms with van der Waals surface area (Å²) in [4.78, 5) is 0.